The molecule has 0 aliphatic rings. The lowest BCUT2D eigenvalue weighted by atomic mass is 10.3. The highest BCUT2D eigenvalue weighted by Gasteiger charge is 2.19. The van der Waals surface area contributed by atoms with Crippen LogP contribution in [-0.2, 0) is 20.0 Å². The zero-order chi connectivity index (χ0) is 24.1. The van der Waals surface area contributed by atoms with Gasteiger partial charge in [-0.25, -0.2) is 16.8 Å². The van der Waals surface area contributed by atoms with Crippen molar-refractivity contribution in [2.45, 2.75) is 16.7 Å². The van der Waals surface area contributed by atoms with Crippen LogP contribution < -0.4 is 23.7 Å². The Labute approximate surface area is 193 Å². The van der Waals surface area contributed by atoms with E-state index >= 15 is 0 Å². The zero-order valence-corrected chi connectivity index (χ0v) is 19.9. The predicted molar refractivity (Wildman–Crippen MR) is 125 cm³/mol. The molecule has 2 N–H and O–H groups in total. The average Bonchev–Trinajstić information content (AvgIpc) is 2.80. The summed E-state index contributed by atoms with van der Waals surface area (Å²) in [5.41, 5.74) is 0.448. The second-order valence-corrected chi connectivity index (χ2v) is 10.1. The number of methoxy groups -OCH3 is 2. The molecule has 33 heavy (non-hydrogen) atoms. The Balaban J connectivity index is 1.76. The number of hydrogen-bond donors (Lipinski definition) is 2. The third-order valence-corrected chi connectivity index (χ3v) is 7.29. The maximum Gasteiger partial charge on any atom is 0.262 e. The fraction of sp³-hybridized carbons (Fsp3) is 0.182. The minimum absolute atomic E-state index is 0.0515. The zero-order valence-electron chi connectivity index (χ0n) is 18.2. The highest BCUT2D eigenvalue weighted by Crippen LogP contribution is 2.31. The van der Waals surface area contributed by atoms with Gasteiger partial charge in [-0.3, -0.25) is 9.44 Å². The van der Waals surface area contributed by atoms with E-state index in [4.69, 9.17) is 14.2 Å². The quantitative estimate of drug-likeness (QED) is 0.443. The molecule has 0 unspecified atom stereocenters. The van der Waals surface area contributed by atoms with Crippen molar-refractivity contribution in [1.82, 2.24) is 0 Å². The predicted octanol–water partition coefficient (Wildman–Crippen LogP) is 3.70. The van der Waals surface area contributed by atoms with Crippen molar-refractivity contribution in [3.05, 3.63) is 66.7 Å². The van der Waals surface area contributed by atoms with Crippen molar-refractivity contribution in [1.29, 1.82) is 0 Å². The Hall–Kier alpha value is -3.44. The summed E-state index contributed by atoms with van der Waals surface area (Å²) in [6.45, 7) is 2.30. The van der Waals surface area contributed by atoms with Gasteiger partial charge in [-0.15, -0.1) is 0 Å². The second-order valence-electron chi connectivity index (χ2n) is 6.71. The molecule has 0 heterocycles. The molecule has 176 valence electrons. The second kappa shape index (κ2) is 10.0. The molecule has 11 heteroatoms. The number of hydrogen-bond acceptors (Lipinski definition) is 7. The van der Waals surface area contributed by atoms with Crippen LogP contribution in [0.4, 0.5) is 11.4 Å². The monoisotopic (exact) mass is 492 g/mol. The molecule has 0 spiro atoms. The topological polar surface area (TPSA) is 120 Å². The molecule has 3 aromatic carbocycles. The molecule has 0 aliphatic heterocycles. The van der Waals surface area contributed by atoms with Gasteiger partial charge < -0.3 is 14.2 Å². The van der Waals surface area contributed by atoms with E-state index in [0.29, 0.717) is 18.1 Å². The van der Waals surface area contributed by atoms with E-state index in [1.165, 1.54) is 56.7 Å². The molecular formula is C22H24N2O7S2. The fourth-order valence-electron chi connectivity index (χ4n) is 2.88. The molecule has 0 bridgehead atoms. The van der Waals surface area contributed by atoms with Crippen LogP contribution in [0.1, 0.15) is 6.92 Å². The van der Waals surface area contributed by atoms with E-state index in [9.17, 15) is 16.8 Å². The molecular weight excluding hydrogens is 468 g/mol. The van der Waals surface area contributed by atoms with Crippen LogP contribution in [0, 0.1) is 0 Å². The number of rotatable bonds is 10. The third-order valence-electron chi connectivity index (χ3n) is 4.51. The Morgan fingerprint density at radius 3 is 1.79 bits per heavy atom. The number of anilines is 2. The molecule has 0 atom stereocenters. The van der Waals surface area contributed by atoms with Crippen LogP contribution in [0.2, 0.25) is 0 Å². The number of nitrogens with one attached hydrogen (secondary N) is 2. The minimum atomic E-state index is -3.95. The first-order valence-corrected chi connectivity index (χ1v) is 12.8. The first kappa shape index (κ1) is 24.2. The molecule has 0 aromatic heterocycles. The van der Waals surface area contributed by atoms with Crippen molar-refractivity contribution in [2.24, 2.45) is 0 Å². The summed E-state index contributed by atoms with van der Waals surface area (Å²) in [5.74, 6) is 1.36. The maximum absolute atomic E-state index is 12.8. The number of benzene rings is 3. The summed E-state index contributed by atoms with van der Waals surface area (Å²) >= 11 is 0. The van der Waals surface area contributed by atoms with E-state index < -0.39 is 20.0 Å². The Kier molecular flexibility index (Phi) is 7.34. The van der Waals surface area contributed by atoms with Crippen LogP contribution in [0.5, 0.6) is 17.2 Å². The van der Waals surface area contributed by atoms with Gasteiger partial charge >= 0.3 is 0 Å². The number of sulfonamides is 2. The lowest BCUT2D eigenvalue weighted by Crippen LogP contribution is -2.15. The summed E-state index contributed by atoms with van der Waals surface area (Å²) in [6.07, 6.45) is 0. The van der Waals surface area contributed by atoms with Gasteiger partial charge in [0.2, 0.25) is 0 Å². The molecule has 0 amide bonds. The van der Waals surface area contributed by atoms with Crippen LogP contribution in [0.15, 0.2) is 76.5 Å². The van der Waals surface area contributed by atoms with Crippen LogP contribution >= 0.6 is 0 Å². The van der Waals surface area contributed by atoms with Crippen molar-refractivity contribution >= 4 is 31.4 Å². The lowest BCUT2D eigenvalue weighted by molar-refractivity contribution is 0.340. The van der Waals surface area contributed by atoms with Gasteiger partial charge in [0, 0.05) is 11.8 Å². The normalized spacial score (nSPS) is 11.5. The van der Waals surface area contributed by atoms with Gasteiger partial charge in [-0.2, -0.15) is 0 Å². The van der Waals surface area contributed by atoms with E-state index in [0.717, 1.165) is 0 Å². The number of ether oxygens (including phenoxy) is 3. The van der Waals surface area contributed by atoms with E-state index in [1.807, 2.05) is 6.92 Å². The van der Waals surface area contributed by atoms with Gasteiger partial charge in [-0.05, 0) is 67.6 Å². The van der Waals surface area contributed by atoms with Gasteiger partial charge in [-0.1, -0.05) is 0 Å². The van der Waals surface area contributed by atoms with Crippen LogP contribution in [0.25, 0.3) is 0 Å². The molecule has 0 aliphatic carbocycles. The van der Waals surface area contributed by atoms with Crippen LogP contribution in [0.3, 0.4) is 0 Å². The van der Waals surface area contributed by atoms with Gasteiger partial charge in [0.1, 0.15) is 17.2 Å². The van der Waals surface area contributed by atoms with Gasteiger partial charge in [0.25, 0.3) is 20.0 Å². The van der Waals surface area contributed by atoms with Crippen molar-refractivity contribution in [3.63, 3.8) is 0 Å². The Morgan fingerprint density at radius 2 is 1.24 bits per heavy atom. The van der Waals surface area contributed by atoms with Crippen molar-refractivity contribution in [2.75, 3.05) is 30.3 Å². The first-order chi connectivity index (χ1) is 15.7. The van der Waals surface area contributed by atoms with Crippen molar-refractivity contribution < 1.29 is 31.0 Å². The van der Waals surface area contributed by atoms with E-state index in [-0.39, 0.29) is 26.9 Å². The molecule has 3 rings (SSSR count). The molecule has 0 fully saturated rings. The summed E-state index contributed by atoms with van der Waals surface area (Å²) in [7, 11) is -4.90. The first-order valence-electron chi connectivity index (χ1n) is 9.79. The van der Waals surface area contributed by atoms with E-state index in [2.05, 4.69) is 9.44 Å². The highest BCUT2D eigenvalue weighted by atomic mass is 32.2. The molecule has 0 saturated carbocycles. The smallest absolute Gasteiger partial charge is 0.262 e. The SMILES string of the molecule is CCOc1ccc(S(=O)(=O)Nc2ccc(S(=O)(=O)Nc3ccc(OC)cc3OC)cc2)cc1. The van der Waals surface area contributed by atoms with Crippen molar-refractivity contribution in [3.8, 4) is 17.2 Å². The average molecular weight is 493 g/mol. The maximum atomic E-state index is 12.8. The summed E-state index contributed by atoms with van der Waals surface area (Å²) in [6, 6.07) is 16.0. The van der Waals surface area contributed by atoms with Crippen LogP contribution in [-0.4, -0.2) is 37.7 Å². The lowest BCUT2D eigenvalue weighted by Gasteiger charge is -2.13. The fourth-order valence-corrected chi connectivity index (χ4v) is 5.01. The Bertz CT molecular complexity index is 1310. The minimum Gasteiger partial charge on any atom is -0.497 e. The summed E-state index contributed by atoms with van der Waals surface area (Å²) in [4.78, 5) is 0.000282. The molecule has 0 saturated heterocycles. The molecule has 9 nitrogen and oxygen atoms in total. The Morgan fingerprint density at radius 1 is 0.697 bits per heavy atom. The van der Waals surface area contributed by atoms with Gasteiger partial charge in [0.05, 0.1) is 36.3 Å². The summed E-state index contributed by atoms with van der Waals surface area (Å²) < 4.78 is 71.3. The standard InChI is InChI=1S/C22H24N2O7S2/c1-4-31-17-7-12-20(13-8-17)32(25,26)23-16-5-10-19(11-6-16)33(27,28)24-21-14-9-18(29-2)15-22(21)30-3/h5-15,23-24H,4H2,1-3H3. The highest BCUT2D eigenvalue weighted by molar-refractivity contribution is 7.93. The molecule has 0 radical (unpaired) electrons. The van der Waals surface area contributed by atoms with Gasteiger partial charge in [0.15, 0.2) is 0 Å². The third kappa shape index (κ3) is 5.88. The largest absolute Gasteiger partial charge is 0.497 e. The molecule has 3 aromatic rings. The summed E-state index contributed by atoms with van der Waals surface area (Å²) in [5, 5.41) is 0. The van der Waals surface area contributed by atoms with E-state index in [1.54, 1.807) is 24.3 Å².